The van der Waals surface area contributed by atoms with Gasteiger partial charge in [-0.2, -0.15) is 0 Å². The average Bonchev–Trinajstić information content (AvgIpc) is 2.67. The van der Waals surface area contributed by atoms with Gasteiger partial charge in [-0.15, -0.1) is 0 Å². The molecule has 0 bridgehead atoms. The zero-order valence-corrected chi connectivity index (χ0v) is 15.7. The normalized spacial score (nSPS) is 15.0. The molecule has 1 saturated heterocycles. The van der Waals surface area contributed by atoms with Crippen LogP contribution in [0.25, 0.3) is 0 Å². The molecule has 1 fully saturated rings. The van der Waals surface area contributed by atoms with Gasteiger partial charge in [-0.3, -0.25) is 4.79 Å². The van der Waals surface area contributed by atoms with Crippen LogP contribution in [0, 0.1) is 5.92 Å². The van der Waals surface area contributed by atoms with Gasteiger partial charge in [-0.1, -0.05) is 0 Å². The van der Waals surface area contributed by atoms with Crippen LogP contribution >= 0.6 is 15.9 Å². The van der Waals surface area contributed by atoms with Gasteiger partial charge in [0.25, 0.3) is 5.91 Å². The molecule has 25 heavy (non-hydrogen) atoms. The Morgan fingerprint density at radius 2 is 2.04 bits per heavy atom. The minimum absolute atomic E-state index is 0.0837. The first-order chi connectivity index (χ1) is 12.2. The van der Waals surface area contributed by atoms with Gasteiger partial charge < -0.3 is 15.0 Å². The molecule has 0 aliphatic carbocycles. The number of carbonyl (C=O) groups is 1. The molecule has 0 radical (unpaired) electrons. The van der Waals surface area contributed by atoms with E-state index in [4.69, 9.17) is 4.74 Å². The lowest BCUT2D eigenvalue weighted by molar-refractivity contribution is 0.0943. The van der Waals surface area contributed by atoms with E-state index in [1.807, 2.05) is 18.2 Å². The van der Waals surface area contributed by atoms with Gasteiger partial charge in [0.15, 0.2) is 0 Å². The Labute approximate surface area is 155 Å². The number of ether oxygens (including phenoxy) is 1. The lowest BCUT2D eigenvalue weighted by Gasteiger charge is -2.31. The van der Waals surface area contributed by atoms with Crippen molar-refractivity contribution in [2.24, 2.45) is 5.92 Å². The molecule has 0 unspecified atom stereocenters. The van der Waals surface area contributed by atoms with Crippen molar-refractivity contribution >= 4 is 27.8 Å². The number of nitrogens with zero attached hydrogens (tertiary/aromatic N) is 3. The molecule has 132 valence electrons. The lowest BCUT2D eigenvalue weighted by Crippen LogP contribution is -2.39. The van der Waals surface area contributed by atoms with E-state index in [-0.39, 0.29) is 5.91 Å². The molecule has 6 nitrogen and oxygen atoms in total. The second-order valence-corrected chi connectivity index (χ2v) is 6.89. The standard InChI is InChI=1S/C18H21BrN4O2/c1-25-14-3-4-16(19)15(11-14)17(24)22-12-13-5-9-23(10-6-13)18-20-7-2-8-21-18/h2-4,7-8,11,13H,5-6,9-10,12H2,1H3,(H,22,24). The smallest absolute Gasteiger partial charge is 0.252 e. The monoisotopic (exact) mass is 404 g/mol. The number of nitrogens with one attached hydrogen (secondary N) is 1. The van der Waals surface area contributed by atoms with Gasteiger partial charge in [-0.05, 0) is 59.0 Å². The first-order valence-corrected chi connectivity index (χ1v) is 9.10. The van der Waals surface area contributed by atoms with Gasteiger partial charge in [-0.25, -0.2) is 9.97 Å². The number of carbonyl (C=O) groups excluding carboxylic acids is 1. The number of halogens is 1. The molecule has 1 aromatic heterocycles. The van der Waals surface area contributed by atoms with Crippen LogP contribution in [0.4, 0.5) is 5.95 Å². The van der Waals surface area contributed by atoms with E-state index < -0.39 is 0 Å². The third kappa shape index (κ3) is 4.48. The van der Waals surface area contributed by atoms with Gasteiger partial charge in [0.2, 0.25) is 5.95 Å². The summed E-state index contributed by atoms with van der Waals surface area (Å²) in [7, 11) is 1.59. The molecule has 1 aliphatic rings. The Morgan fingerprint density at radius 3 is 2.72 bits per heavy atom. The van der Waals surface area contributed by atoms with Crippen molar-refractivity contribution in [3.8, 4) is 5.75 Å². The summed E-state index contributed by atoms with van der Waals surface area (Å²) in [5, 5.41) is 3.04. The Bertz CT molecular complexity index is 718. The van der Waals surface area contributed by atoms with Crippen LogP contribution in [0.1, 0.15) is 23.2 Å². The summed E-state index contributed by atoms with van der Waals surface area (Å²) >= 11 is 3.42. The highest BCUT2D eigenvalue weighted by atomic mass is 79.9. The molecule has 0 atom stereocenters. The topological polar surface area (TPSA) is 67.3 Å². The predicted octanol–water partition coefficient (Wildman–Crippen LogP) is 2.89. The maximum absolute atomic E-state index is 12.4. The molecular weight excluding hydrogens is 384 g/mol. The van der Waals surface area contributed by atoms with Crippen LogP contribution in [0.15, 0.2) is 41.1 Å². The fraction of sp³-hybridized carbons (Fsp3) is 0.389. The van der Waals surface area contributed by atoms with Crippen LogP contribution in [-0.4, -0.2) is 42.6 Å². The molecule has 1 amide bonds. The minimum atomic E-state index is -0.0837. The van der Waals surface area contributed by atoms with Crippen molar-refractivity contribution in [2.45, 2.75) is 12.8 Å². The van der Waals surface area contributed by atoms with Crippen molar-refractivity contribution in [3.05, 3.63) is 46.7 Å². The first kappa shape index (κ1) is 17.7. The van der Waals surface area contributed by atoms with E-state index >= 15 is 0 Å². The van der Waals surface area contributed by atoms with E-state index in [9.17, 15) is 4.79 Å². The summed E-state index contributed by atoms with van der Waals surface area (Å²) in [5.74, 6) is 1.84. The van der Waals surface area contributed by atoms with Crippen LogP contribution in [0.5, 0.6) is 5.75 Å². The van der Waals surface area contributed by atoms with Gasteiger partial charge >= 0.3 is 0 Å². The zero-order valence-electron chi connectivity index (χ0n) is 14.1. The Kier molecular flexibility index (Phi) is 5.86. The molecule has 2 heterocycles. The molecule has 0 spiro atoms. The summed E-state index contributed by atoms with van der Waals surface area (Å²) in [4.78, 5) is 23.2. The van der Waals surface area contributed by atoms with Crippen LogP contribution < -0.4 is 15.0 Å². The predicted molar refractivity (Wildman–Crippen MR) is 100.0 cm³/mol. The SMILES string of the molecule is COc1ccc(Br)c(C(=O)NCC2CCN(c3ncccn3)CC2)c1. The highest BCUT2D eigenvalue weighted by Gasteiger charge is 2.21. The third-order valence-corrected chi connectivity index (χ3v) is 5.11. The Morgan fingerprint density at radius 1 is 1.32 bits per heavy atom. The minimum Gasteiger partial charge on any atom is -0.497 e. The van der Waals surface area contributed by atoms with Crippen molar-refractivity contribution in [1.29, 1.82) is 0 Å². The van der Waals surface area contributed by atoms with Gasteiger partial charge in [0.05, 0.1) is 12.7 Å². The van der Waals surface area contributed by atoms with Crippen molar-refractivity contribution in [2.75, 3.05) is 31.6 Å². The number of hydrogen-bond donors (Lipinski definition) is 1. The van der Waals surface area contributed by atoms with Crippen molar-refractivity contribution in [3.63, 3.8) is 0 Å². The van der Waals surface area contributed by atoms with Crippen LogP contribution in [0.3, 0.4) is 0 Å². The fourth-order valence-corrected chi connectivity index (χ4v) is 3.36. The summed E-state index contributed by atoms with van der Waals surface area (Å²) in [6, 6.07) is 7.21. The molecule has 0 saturated carbocycles. The fourth-order valence-electron chi connectivity index (χ4n) is 2.93. The first-order valence-electron chi connectivity index (χ1n) is 8.31. The third-order valence-electron chi connectivity index (χ3n) is 4.42. The summed E-state index contributed by atoms with van der Waals surface area (Å²) < 4.78 is 5.96. The molecule has 1 N–H and O–H groups in total. The molecule has 3 rings (SSSR count). The number of amides is 1. The van der Waals surface area contributed by atoms with E-state index in [1.54, 1.807) is 25.6 Å². The number of benzene rings is 1. The number of hydrogen-bond acceptors (Lipinski definition) is 5. The van der Waals surface area contributed by atoms with E-state index in [2.05, 4.69) is 36.1 Å². The number of methoxy groups -OCH3 is 1. The maximum atomic E-state index is 12.4. The molecule has 2 aromatic rings. The van der Waals surface area contributed by atoms with Crippen LogP contribution in [-0.2, 0) is 0 Å². The highest BCUT2D eigenvalue weighted by molar-refractivity contribution is 9.10. The lowest BCUT2D eigenvalue weighted by atomic mass is 9.97. The average molecular weight is 405 g/mol. The number of anilines is 1. The summed E-state index contributed by atoms with van der Waals surface area (Å²) in [5.41, 5.74) is 0.592. The van der Waals surface area contributed by atoms with Crippen molar-refractivity contribution < 1.29 is 9.53 Å². The largest absolute Gasteiger partial charge is 0.497 e. The summed E-state index contributed by atoms with van der Waals surface area (Å²) in [6.07, 6.45) is 5.55. The summed E-state index contributed by atoms with van der Waals surface area (Å²) in [6.45, 7) is 2.49. The van der Waals surface area contributed by atoms with Gasteiger partial charge in [0.1, 0.15) is 5.75 Å². The second kappa shape index (κ2) is 8.29. The maximum Gasteiger partial charge on any atom is 0.252 e. The second-order valence-electron chi connectivity index (χ2n) is 6.04. The number of piperidine rings is 1. The molecular formula is C18H21BrN4O2. The van der Waals surface area contributed by atoms with Gasteiger partial charge in [0, 0.05) is 36.5 Å². The number of rotatable bonds is 5. The van der Waals surface area contributed by atoms with E-state index in [1.165, 1.54) is 0 Å². The zero-order chi connectivity index (χ0) is 17.6. The van der Waals surface area contributed by atoms with E-state index in [0.29, 0.717) is 23.8 Å². The Hall–Kier alpha value is -2.15. The Balaban J connectivity index is 1.51. The van der Waals surface area contributed by atoms with E-state index in [0.717, 1.165) is 36.4 Å². The number of aromatic nitrogens is 2. The molecule has 7 heteroatoms. The van der Waals surface area contributed by atoms with Crippen LogP contribution in [0.2, 0.25) is 0 Å². The van der Waals surface area contributed by atoms with Crippen molar-refractivity contribution in [1.82, 2.24) is 15.3 Å². The molecule has 1 aliphatic heterocycles. The highest BCUT2D eigenvalue weighted by Crippen LogP contribution is 2.23. The quantitative estimate of drug-likeness (QED) is 0.829. The molecule has 1 aromatic carbocycles.